The molecule has 3 atom stereocenters. The van der Waals surface area contributed by atoms with Crippen molar-refractivity contribution < 1.29 is 4.74 Å². The minimum Gasteiger partial charge on any atom is -0.465 e. The van der Waals surface area contributed by atoms with Crippen molar-refractivity contribution in [2.75, 3.05) is 0 Å². The summed E-state index contributed by atoms with van der Waals surface area (Å²) >= 11 is 0. The van der Waals surface area contributed by atoms with Gasteiger partial charge in [0.05, 0.1) is 10.8 Å². The first-order valence-electron chi connectivity index (χ1n) is 12.3. The second kappa shape index (κ2) is 7.11. The quantitative estimate of drug-likeness (QED) is 0.352. The van der Waals surface area contributed by atoms with Crippen molar-refractivity contribution >= 4 is 0 Å². The van der Waals surface area contributed by atoms with Gasteiger partial charge in [0.1, 0.15) is 11.5 Å². The Kier molecular flexibility index (Phi) is 4.79. The highest BCUT2D eigenvalue weighted by molar-refractivity contribution is 5.60. The number of rotatable bonds is 0. The molecule has 4 aliphatic carbocycles. The molecule has 0 radical (unpaired) electrons. The van der Waals surface area contributed by atoms with E-state index in [1.54, 1.807) is 5.57 Å². The Hall–Kier alpha value is -2.28. The Labute approximate surface area is 194 Å². The molecule has 0 amide bonds. The van der Waals surface area contributed by atoms with Crippen LogP contribution in [0.15, 0.2) is 92.1 Å². The first-order chi connectivity index (χ1) is 15.1. The van der Waals surface area contributed by atoms with Crippen molar-refractivity contribution in [3.8, 4) is 0 Å². The van der Waals surface area contributed by atoms with Gasteiger partial charge in [-0.1, -0.05) is 69.7 Å². The van der Waals surface area contributed by atoms with Crippen LogP contribution in [0.2, 0.25) is 0 Å². The van der Waals surface area contributed by atoms with E-state index in [1.807, 2.05) is 0 Å². The van der Waals surface area contributed by atoms with Gasteiger partial charge >= 0.3 is 0 Å². The second-order valence-electron chi connectivity index (χ2n) is 11.0. The minimum absolute atomic E-state index is 0.134. The molecule has 0 N–H and O–H groups in total. The summed E-state index contributed by atoms with van der Waals surface area (Å²) in [5.74, 6) is 2.65. The van der Waals surface area contributed by atoms with Crippen LogP contribution in [-0.2, 0) is 4.74 Å². The Morgan fingerprint density at radius 3 is 1.94 bits per heavy atom. The summed E-state index contributed by atoms with van der Waals surface area (Å²) < 4.78 is 7.01. The smallest absolute Gasteiger partial charge is 0.118 e. The Morgan fingerprint density at radius 2 is 1.28 bits per heavy atom. The summed E-state index contributed by atoms with van der Waals surface area (Å²) in [4.78, 5) is 0. The Morgan fingerprint density at radius 1 is 0.719 bits per heavy atom. The molecule has 0 saturated carbocycles. The summed E-state index contributed by atoms with van der Waals surface area (Å²) in [7, 11) is 0. The van der Waals surface area contributed by atoms with Crippen LogP contribution >= 0.6 is 0 Å². The molecule has 1 heteroatoms. The van der Waals surface area contributed by atoms with E-state index in [4.69, 9.17) is 4.74 Å². The van der Waals surface area contributed by atoms with Crippen molar-refractivity contribution in [2.45, 2.75) is 81.1 Å². The average Bonchev–Trinajstić information content (AvgIpc) is 2.78. The lowest BCUT2D eigenvalue weighted by Gasteiger charge is -2.45. The third kappa shape index (κ3) is 2.69. The minimum atomic E-state index is -0.245. The number of hydrogen-bond donors (Lipinski definition) is 0. The Bertz CT molecular complexity index is 1160. The van der Waals surface area contributed by atoms with E-state index in [0.29, 0.717) is 5.92 Å². The van der Waals surface area contributed by atoms with Crippen LogP contribution in [0.25, 0.3) is 0 Å². The molecule has 2 spiro atoms. The van der Waals surface area contributed by atoms with Crippen molar-refractivity contribution in [2.24, 2.45) is 16.7 Å². The van der Waals surface area contributed by atoms with Gasteiger partial charge < -0.3 is 4.74 Å². The molecule has 0 saturated heterocycles. The van der Waals surface area contributed by atoms with E-state index in [2.05, 4.69) is 85.8 Å². The maximum atomic E-state index is 7.01. The molecule has 0 aromatic rings. The van der Waals surface area contributed by atoms with Crippen LogP contribution in [0, 0.1) is 16.7 Å². The van der Waals surface area contributed by atoms with Crippen LogP contribution in [-0.4, -0.2) is 0 Å². The van der Waals surface area contributed by atoms with Gasteiger partial charge in [0.25, 0.3) is 0 Å². The molecular formula is C31H38O. The largest absolute Gasteiger partial charge is 0.465 e. The molecule has 0 fully saturated rings. The highest BCUT2D eigenvalue weighted by Gasteiger charge is 2.50. The zero-order valence-corrected chi connectivity index (χ0v) is 21.2. The number of allylic oxidation sites excluding steroid dienone is 12. The first-order valence-corrected chi connectivity index (χ1v) is 12.3. The molecule has 2 bridgehead atoms. The topological polar surface area (TPSA) is 9.23 Å². The number of hydrogen-bond acceptors (Lipinski definition) is 1. The lowest BCUT2D eigenvalue weighted by Crippen LogP contribution is -2.34. The summed E-state index contributed by atoms with van der Waals surface area (Å²) in [6, 6.07) is 0. The third-order valence-corrected chi connectivity index (χ3v) is 9.41. The fraction of sp³-hybridized carbons (Fsp3) is 0.484. The molecular weight excluding hydrogens is 388 g/mol. The summed E-state index contributed by atoms with van der Waals surface area (Å²) in [5, 5.41) is 0. The molecule has 1 aliphatic heterocycles. The standard InChI is InChI=1S/C31H38O/c1-18-9-11-26-15-27-12-10-19(2)24(7)31(27)16-22(5)20(3)14-29(31)32-28-13-21(4)25(8)30(26,17-28)23(18)6/h11-12,14,16-17,20H,9-10,13,15H2,1-8H3. The predicted molar refractivity (Wildman–Crippen MR) is 135 cm³/mol. The second-order valence-corrected chi connectivity index (χ2v) is 11.0. The first kappa shape index (κ1) is 21.6. The fourth-order valence-corrected chi connectivity index (χ4v) is 6.72. The highest BCUT2D eigenvalue weighted by atomic mass is 16.5. The SMILES string of the molecule is CC1=CC23C(=CCC(C)=C2C)CC2=CCC(C)=C(C)C24C=C(CC(C)=C4C)OC3=CC1C. The van der Waals surface area contributed by atoms with E-state index in [1.165, 1.54) is 44.6 Å². The van der Waals surface area contributed by atoms with Gasteiger partial charge in [0.15, 0.2) is 0 Å². The van der Waals surface area contributed by atoms with Crippen molar-refractivity contribution in [1.29, 1.82) is 0 Å². The van der Waals surface area contributed by atoms with Crippen LogP contribution in [0.5, 0.6) is 0 Å². The predicted octanol–water partition coefficient (Wildman–Crippen LogP) is 8.82. The van der Waals surface area contributed by atoms with Crippen LogP contribution in [0.1, 0.15) is 81.1 Å². The molecule has 5 rings (SSSR count). The van der Waals surface area contributed by atoms with Gasteiger partial charge in [-0.05, 0) is 91.4 Å². The lowest BCUT2D eigenvalue weighted by atomic mass is 9.58. The lowest BCUT2D eigenvalue weighted by molar-refractivity contribution is 0.230. The van der Waals surface area contributed by atoms with E-state index in [9.17, 15) is 0 Å². The molecule has 1 nitrogen and oxygen atoms in total. The zero-order valence-electron chi connectivity index (χ0n) is 21.2. The van der Waals surface area contributed by atoms with E-state index in [-0.39, 0.29) is 10.8 Å². The van der Waals surface area contributed by atoms with Crippen LogP contribution in [0.3, 0.4) is 0 Å². The van der Waals surface area contributed by atoms with Crippen LogP contribution < -0.4 is 0 Å². The third-order valence-electron chi connectivity index (χ3n) is 9.41. The van der Waals surface area contributed by atoms with E-state index >= 15 is 0 Å². The van der Waals surface area contributed by atoms with Gasteiger partial charge in [-0.25, -0.2) is 0 Å². The van der Waals surface area contributed by atoms with E-state index < -0.39 is 0 Å². The summed E-state index contributed by atoms with van der Waals surface area (Å²) in [6.07, 6.45) is 16.5. The van der Waals surface area contributed by atoms with Gasteiger partial charge in [0, 0.05) is 6.42 Å². The van der Waals surface area contributed by atoms with Gasteiger partial charge in [-0.2, -0.15) is 0 Å². The highest BCUT2D eigenvalue weighted by Crippen LogP contribution is 2.61. The van der Waals surface area contributed by atoms with Crippen molar-refractivity contribution in [3.63, 3.8) is 0 Å². The van der Waals surface area contributed by atoms with Gasteiger partial charge in [-0.3, -0.25) is 0 Å². The normalized spacial score (nSPS) is 34.5. The fourth-order valence-electron chi connectivity index (χ4n) is 6.72. The number of ether oxygens (including phenoxy) is 1. The molecule has 1 heterocycles. The Balaban J connectivity index is 1.81. The maximum Gasteiger partial charge on any atom is 0.118 e. The zero-order chi connectivity index (χ0) is 23.0. The van der Waals surface area contributed by atoms with E-state index in [0.717, 1.165) is 37.2 Å². The van der Waals surface area contributed by atoms with Crippen molar-refractivity contribution in [3.05, 3.63) is 92.1 Å². The van der Waals surface area contributed by atoms with Gasteiger partial charge in [-0.15, -0.1) is 0 Å². The molecule has 168 valence electrons. The van der Waals surface area contributed by atoms with Crippen LogP contribution in [0.4, 0.5) is 0 Å². The molecule has 3 unspecified atom stereocenters. The summed E-state index contributed by atoms with van der Waals surface area (Å²) in [6.45, 7) is 18.6. The molecule has 32 heavy (non-hydrogen) atoms. The maximum absolute atomic E-state index is 7.01. The summed E-state index contributed by atoms with van der Waals surface area (Å²) in [5.41, 5.74) is 13.0. The molecule has 5 aliphatic rings. The molecule has 0 aromatic carbocycles. The average molecular weight is 427 g/mol. The molecule has 0 aromatic heterocycles. The monoisotopic (exact) mass is 426 g/mol. The van der Waals surface area contributed by atoms with Crippen molar-refractivity contribution in [1.82, 2.24) is 0 Å². The van der Waals surface area contributed by atoms with Gasteiger partial charge in [0.2, 0.25) is 0 Å².